The molecule has 1 rings (SSSR count). The SMILES string of the molecule is C=CCN1CCC(NC(=NCCO)NCC)CC1. The Bertz CT molecular complexity index is 260. The molecule has 0 radical (unpaired) electrons. The molecule has 0 saturated carbocycles. The van der Waals surface area contributed by atoms with E-state index in [1.54, 1.807) is 0 Å². The highest BCUT2D eigenvalue weighted by atomic mass is 16.3. The summed E-state index contributed by atoms with van der Waals surface area (Å²) in [5.74, 6) is 0.814. The molecule has 0 aromatic rings. The number of guanidine groups is 1. The molecule has 1 saturated heterocycles. The number of aliphatic hydroxyl groups excluding tert-OH is 1. The first-order valence-corrected chi connectivity index (χ1v) is 6.79. The van der Waals surface area contributed by atoms with E-state index in [-0.39, 0.29) is 6.61 Å². The van der Waals surface area contributed by atoms with Gasteiger partial charge < -0.3 is 15.7 Å². The number of nitrogens with zero attached hydrogens (tertiary/aromatic N) is 2. The van der Waals surface area contributed by atoms with E-state index in [1.165, 1.54) is 0 Å². The van der Waals surface area contributed by atoms with Crippen LogP contribution < -0.4 is 10.6 Å². The molecule has 1 aliphatic heterocycles. The van der Waals surface area contributed by atoms with E-state index in [2.05, 4.69) is 27.1 Å². The normalized spacial score (nSPS) is 18.7. The highest BCUT2D eigenvalue weighted by molar-refractivity contribution is 5.80. The molecule has 3 N–H and O–H groups in total. The predicted octanol–water partition coefficient (Wildman–Crippen LogP) is 0.184. The fourth-order valence-corrected chi connectivity index (χ4v) is 2.12. The Hall–Kier alpha value is -1.07. The molecular weight excluding hydrogens is 228 g/mol. The van der Waals surface area contributed by atoms with Gasteiger partial charge in [-0.1, -0.05) is 6.08 Å². The summed E-state index contributed by atoms with van der Waals surface area (Å²) in [4.78, 5) is 6.70. The van der Waals surface area contributed by atoms with E-state index >= 15 is 0 Å². The molecule has 0 amide bonds. The van der Waals surface area contributed by atoms with Crippen molar-refractivity contribution in [3.05, 3.63) is 12.7 Å². The van der Waals surface area contributed by atoms with Gasteiger partial charge in [0, 0.05) is 32.2 Å². The maximum atomic E-state index is 8.80. The summed E-state index contributed by atoms with van der Waals surface area (Å²) in [6.45, 7) is 10.4. The van der Waals surface area contributed by atoms with Crippen LogP contribution in [-0.4, -0.2) is 61.3 Å². The summed E-state index contributed by atoms with van der Waals surface area (Å²) in [6.07, 6.45) is 4.20. The predicted molar refractivity (Wildman–Crippen MR) is 75.9 cm³/mol. The van der Waals surface area contributed by atoms with Gasteiger partial charge in [0.2, 0.25) is 0 Å². The highest BCUT2D eigenvalue weighted by Gasteiger charge is 2.18. The van der Waals surface area contributed by atoms with Crippen LogP contribution >= 0.6 is 0 Å². The van der Waals surface area contributed by atoms with Crippen molar-refractivity contribution in [2.45, 2.75) is 25.8 Å². The molecule has 1 heterocycles. The number of hydrogen-bond donors (Lipinski definition) is 3. The number of aliphatic hydroxyl groups is 1. The van der Waals surface area contributed by atoms with Crippen molar-refractivity contribution in [1.82, 2.24) is 15.5 Å². The van der Waals surface area contributed by atoms with E-state index < -0.39 is 0 Å². The highest BCUT2D eigenvalue weighted by Crippen LogP contribution is 2.09. The molecule has 0 aliphatic carbocycles. The van der Waals surface area contributed by atoms with Gasteiger partial charge in [0.25, 0.3) is 0 Å². The third-order valence-corrected chi connectivity index (χ3v) is 3.03. The summed E-state index contributed by atoms with van der Waals surface area (Å²) in [7, 11) is 0. The van der Waals surface area contributed by atoms with Crippen molar-refractivity contribution < 1.29 is 5.11 Å². The average Bonchev–Trinajstić information content (AvgIpc) is 2.39. The Balaban J connectivity index is 2.34. The molecule has 0 spiro atoms. The van der Waals surface area contributed by atoms with Gasteiger partial charge in [-0.05, 0) is 19.8 Å². The van der Waals surface area contributed by atoms with Gasteiger partial charge in [0.05, 0.1) is 13.2 Å². The Morgan fingerprint density at radius 1 is 1.50 bits per heavy atom. The van der Waals surface area contributed by atoms with Crippen molar-refractivity contribution in [1.29, 1.82) is 0 Å². The topological polar surface area (TPSA) is 59.9 Å². The van der Waals surface area contributed by atoms with E-state index in [0.717, 1.165) is 45.0 Å². The quantitative estimate of drug-likeness (QED) is 0.360. The summed E-state index contributed by atoms with van der Waals surface area (Å²) in [5, 5.41) is 15.4. The third-order valence-electron chi connectivity index (χ3n) is 3.03. The lowest BCUT2D eigenvalue weighted by Gasteiger charge is -2.32. The van der Waals surface area contributed by atoms with E-state index in [0.29, 0.717) is 12.6 Å². The van der Waals surface area contributed by atoms with Crippen molar-refractivity contribution in [2.75, 3.05) is 39.3 Å². The molecule has 0 aromatic heterocycles. The van der Waals surface area contributed by atoms with Gasteiger partial charge in [-0.3, -0.25) is 9.89 Å². The lowest BCUT2D eigenvalue weighted by Crippen LogP contribution is -2.48. The van der Waals surface area contributed by atoms with E-state index in [9.17, 15) is 0 Å². The standard InChI is InChI=1S/C13H26N4O/c1-3-8-17-9-5-12(6-10-17)16-13(14-4-2)15-7-11-18/h3,12,18H,1,4-11H2,2H3,(H2,14,15,16). The number of rotatable bonds is 6. The molecule has 0 unspecified atom stereocenters. The average molecular weight is 254 g/mol. The molecule has 1 aliphatic rings. The first-order valence-electron chi connectivity index (χ1n) is 6.79. The lowest BCUT2D eigenvalue weighted by atomic mass is 10.1. The first-order chi connectivity index (χ1) is 8.80. The van der Waals surface area contributed by atoms with Gasteiger partial charge in [-0.2, -0.15) is 0 Å². The second-order valence-electron chi connectivity index (χ2n) is 4.49. The fourth-order valence-electron chi connectivity index (χ4n) is 2.12. The second kappa shape index (κ2) is 8.94. The molecule has 0 bridgehead atoms. The smallest absolute Gasteiger partial charge is 0.191 e. The maximum absolute atomic E-state index is 8.80. The summed E-state index contributed by atoms with van der Waals surface area (Å²) in [6, 6.07) is 0.475. The lowest BCUT2D eigenvalue weighted by molar-refractivity contribution is 0.225. The molecule has 104 valence electrons. The van der Waals surface area contributed by atoms with Crippen molar-refractivity contribution in [3.63, 3.8) is 0 Å². The van der Waals surface area contributed by atoms with Gasteiger partial charge in [0.15, 0.2) is 5.96 Å². The fraction of sp³-hybridized carbons (Fsp3) is 0.769. The summed E-state index contributed by atoms with van der Waals surface area (Å²) >= 11 is 0. The Morgan fingerprint density at radius 3 is 2.78 bits per heavy atom. The van der Waals surface area contributed by atoms with Gasteiger partial charge in [0.1, 0.15) is 0 Å². The van der Waals surface area contributed by atoms with Crippen LogP contribution in [0.2, 0.25) is 0 Å². The molecule has 18 heavy (non-hydrogen) atoms. The van der Waals surface area contributed by atoms with Crippen LogP contribution in [0.15, 0.2) is 17.6 Å². The van der Waals surface area contributed by atoms with Crippen LogP contribution in [0.3, 0.4) is 0 Å². The van der Waals surface area contributed by atoms with Gasteiger partial charge in [-0.15, -0.1) is 6.58 Å². The van der Waals surface area contributed by atoms with Crippen LogP contribution in [-0.2, 0) is 0 Å². The molecule has 0 atom stereocenters. The van der Waals surface area contributed by atoms with Crippen LogP contribution in [0.5, 0.6) is 0 Å². The molecule has 0 aromatic carbocycles. The first kappa shape index (κ1) is 15.0. The van der Waals surface area contributed by atoms with E-state index in [1.807, 2.05) is 13.0 Å². The minimum Gasteiger partial charge on any atom is -0.394 e. The minimum atomic E-state index is 0.0916. The van der Waals surface area contributed by atoms with Crippen LogP contribution in [0, 0.1) is 0 Å². The zero-order valence-electron chi connectivity index (χ0n) is 11.4. The van der Waals surface area contributed by atoms with Crippen LogP contribution in [0.1, 0.15) is 19.8 Å². The number of hydrogen-bond acceptors (Lipinski definition) is 3. The Labute approximate surface area is 110 Å². The van der Waals surface area contributed by atoms with Gasteiger partial charge in [-0.25, -0.2) is 0 Å². The zero-order chi connectivity index (χ0) is 13.2. The monoisotopic (exact) mass is 254 g/mol. The van der Waals surface area contributed by atoms with Crippen molar-refractivity contribution in [2.24, 2.45) is 4.99 Å². The van der Waals surface area contributed by atoms with Crippen LogP contribution in [0.4, 0.5) is 0 Å². The molecule has 1 fully saturated rings. The largest absolute Gasteiger partial charge is 0.394 e. The Kier molecular flexibility index (Phi) is 7.44. The third kappa shape index (κ3) is 5.51. The number of aliphatic imine (C=N–C) groups is 1. The maximum Gasteiger partial charge on any atom is 0.191 e. The number of piperidine rings is 1. The molecular formula is C13H26N4O. The zero-order valence-corrected chi connectivity index (χ0v) is 11.4. The van der Waals surface area contributed by atoms with E-state index in [4.69, 9.17) is 5.11 Å². The molecule has 5 heteroatoms. The minimum absolute atomic E-state index is 0.0916. The second-order valence-corrected chi connectivity index (χ2v) is 4.49. The summed E-state index contributed by atoms with van der Waals surface area (Å²) < 4.78 is 0. The molecule has 5 nitrogen and oxygen atoms in total. The van der Waals surface area contributed by atoms with Crippen LogP contribution in [0.25, 0.3) is 0 Å². The van der Waals surface area contributed by atoms with Crippen molar-refractivity contribution in [3.8, 4) is 0 Å². The number of nitrogens with one attached hydrogen (secondary N) is 2. The number of likely N-dealkylation sites (tertiary alicyclic amines) is 1. The van der Waals surface area contributed by atoms with Crippen molar-refractivity contribution >= 4 is 5.96 Å². The Morgan fingerprint density at radius 2 is 2.22 bits per heavy atom. The van der Waals surface area contributed by atoms with Gasteiger partial charge >= 0.3 is 0 Å². The summed E-state index contributed by atoms with van der Waals surface area (Å²) in [5.41, 5.74) is 0.